The van der Waals surface area contributed by atoms with Gasteiger partial charge in [0.15, 0.2) is 0 Å². The minimum Gasteiger partial charge on any atom is -0.306 e. The Labute approximate surface area is 50.7 Å². The van der Waals surface area contributed by atoms with E-state index >= 15 is 0 Å². The monoisotopic (exact) mass is 111 g/mol. The van der Waals surface area contributed by atoms with Crippen molar-refractivity contribution in [3.63, 3.8) is 0 Å². The van der Waals surface area contributed by atoms with Crippen LogP contribution >= 0.6 is 0 Å². The molecule has 1 aliphatic carbocycles. The average molecular weight is 111 g/mol. The normalized spacial score (nSPS) is 54.0. The summed E-state index contributed by atoms with van der Waals surface area (Å²) in [4.78, 5) is 2.44. The summed E-state index contributed by atoms with van der Waals surface area (Å²) < 4.78 is 0. The van der Waals surface area contributed by atoms with E-state index in [9.17, 15) is 0 Å². The average Bonchev–Trinajstić information content (AvgIpc) is 2.07. The first kappa shape index (κ1) is 4.80. The van der Waals surface area contributed by atoms with Crippen LogP contribution in [0.5, 0.6) is 0 Å². The molecule has 8 heavy (non-hydrogen) atoms. The summed E-state index contributed by atoms with van der Waals surface area (Å²) in [6, 6.07) is 0. The number of rotatable bonds is 0. The maximum absolute atomic E-state index is 2.44. The van der Waals surface area contributed by atoms with E-state index in [2.05, 4.69) is 18.9 Å². The van der Waals surface area contributed by atoms with Crippen molar-refractivity contribution < 1.29 is 0 Å². The standard InChI is InChI=1S/C7H13N/c1-7-3-6(7)4-8(2)5-7/h6H,3-5H2,1-2H3/t6-,7-/m0/s1. The van der Waals surface area contributed by atoms with Crippen molar-refractivity contribution in [3.8, 4) is 0 Å². The fourth-order valence-electron chi connectivity index (χ4n) is 2.04. The van der Waals surface area contributed by atoms with Gasteiger partial charge < -0.3 is 4.90 Å². The summed E-state index contributed by atoms with van der Waals surface area (Å²) in [6.07, 6.45) is 1.50. The van der Waals surface area contributed by atoms with Gasteiger partial charge in [-0.2, -0.15) is 0 Å². The van der Waals surface area contributed by atoms with Crippen molar-refractivity contribution in [3.05, 3.63) is 0 Å². The predicted octanol–water partition coefficient (Wildman–Crippen LogP) is 0.958. The number of fused-ring (bicyclic) bond motifs is 1. The van der Waals surface area contributed by atoms with Crippen molar-refractivity contribution in [2.45, 2.75) is 13.3 Å². The molecule has 1 saturated heterocycles. The molecule has 0 aromatic carbocycles. The van der Waals surface area contributed by atoms with Crippen LogP contribution in [0.25, 0.3) is 0 Å². The molecular formula is C7H13N. The molecule has 2 rings (SSSR count). The first-order valence-electron chi connectivity index (χ1n) is 3.39. The molecule has 0 unspecified atom stereocenters. The van der Waals surface area contributed by atoms with Gasteiger partial charge in [0.25, 0.3) is 0 Å². The Morgan fingerprint density at radius 1 is 1.62 bits per heavy atom. The van der Waals surface area contributed by atoms with E-state index in [4.69, 9.17) is 0 Å². The molecule has 0 bridgehead atoms. The van der Waals surface area contributed by atoms with Crippen LogP contribution in [0.3, 0.4) is 0 Å². The van der Waals surface area contributed by atoms with Crippen molar-refractivity contribution in [1.29, 1.82) is 0 Å². The molecule has 2 aliphatic rings. The zero-order valence-corrected chi connectivity index (χ0v) is 5.65. The molecule has 1 aliphatic heterocycles. The van der Waals surface area contributed by atoms with Crippen molar-refractivity contribution in [2.24, 2.45) is 11.3 Å². The van der Waals surface area contributed by atoms with Crippen LogP contribution in [0.2, 0.25) is 0 Å². The van der Waals surface area contributed by atoms with E-state index < -0.39 is 0 Å². The lowest BCUT2D eigenvalue weighted by molar-refractivity contribution is 0.346. The van der Waals surface area contributed by atoms with Crippen LogP contribution in [0.1, 0.15) is 13.3 Å². The highest BCUT2D eigenvalue weighted by molar-refractivity contribution is 5.06. The SMILES string of the molecule is CN1C[C@@H]2C[C@@]2(C)C1. The van der Waals surface area contributed by atoms with Crippen LogP contribution in [-0.4, -0.2) is 25.0 Å². The second kappa shape index (κ2) is 1.10. The van der Waals surface area contributed by atoms with Crippen molar-refractivity contribution in [1.82, 2.24) is 4.90 Å². The lowest BCUT2D eigenvalue weighted by atomic mass is 10.1. The quantitative estimate of drug-likeness (QED) is 0.450. The molecule has 0 radical (unpaired) electrons. The second-order valence-electron chi connectivity index (χ2n) is 3.75. The molecule has 0 aromatic rings. The van der Waals surface area contributed by atoms with Gasteiger partial charge in [-0.05, 0) is 24.8 Å². The van der Waals surface area contributed by atoms with Gasteiger partial charge in [0.2, 0.25) is 0 Å². The molecular weight excluding hydrogens is 98.1 g/mol. The summed E-state index contributed by atoms with van der Waals surface area (Å²) in [5.74, 6) is 1.06. The lowest BCUT2D eigenvalue weighted by Gasteiger charge is -2.10. The molecule has 1 heterocycles. The third-order valence-corrected chi connectivity index (χ3v) is 2.70. The third kappa shape index (κ3) is 0.455. The van der Waals surface area contributed by atoms with Gasteiger partial charge in [0, 0.05) is 13.1 Å². The van der Waals surface area contributed by atoms with Crippen molar-refractivity contribution >= 4 is 0 Å². The predicted molar refractivity (Wildman–Crippen MR) is 33.7 cm³/mol. The summed E-state index contributed by atoms with van der Waals surface area (Å²) in [5, 5.41) is 0. The van der Waals surface area contributed by atoms with Gasteiger partial charge in [0.05, 0.1) is 0 Å². The molecule has 2 fully saturated rings. The zero-order valence-electron chi connectivity index (χ0n) is 5.65. The maximum Gasteiger partial charge on any atom is 0.00356 e. The van der Waals surface area contributed by atoms with Gasteiger partial charge in [-0.1, -0.05) is 6.92 Å². The summed E-state index contributed by atoms with van der Waals surface area (Å²) in [7, 11) is 2.22. The molecule has 46 valence electrons. The number of piperidine rings is 1. The highest BCUT2D eigenvalue weighted by atomic mass is 15.2. The Morgan fingerprint density at radius 2 is 2.38 bits per heavy atom. The Bertz CT molecular complexity index is 122. The van der Waals surface area contributed by atoms with E-state index in [-0.39, 0.29) is 0 Å². The van der Waals surface area contributed by atoms with Gasteiger partial charge in [-0.15, -0.1) is 0 Å². The second-order valence-corrected chi connectivity index (χ2v) is 3.75. The number of likely N-dealkylation sites (tertiary alicyclic amines) is 1. The topological polar surface area (TPSA) is 3.24 Å². The lowest BCUT2D eigenvalue weighted by Crippen LogP contribution is -2.18. The molecule has 1 nitrogen and oxygen atoms in total. The van der Waals surface area contributed by atoms with E-state index in [0.717, 1.165) is 11.3 Å². The van der Waals surface area contributed by atoms with E-state index in [1.165, 1.54) is 19.5 Å². The fraction of sp³-hybridized carbons (Fsp3) is 1.00. The minimum absolute atomic E-state index is 0.759. The van der Waals surface area contributed by atoms with Crippen LogP contribution < -0.4 is 0 Å². The molecule has 0 aromatic heterocycles. The van der Waals surface area contributed by atoms with E-state index in [1.54, 1.807) is 0 Å². The summed E-state index contributed by atoms with van der Waals surface area (Å²) >= 11 is 0. The van der Waals surface area contributed by atoms with E-state index in [1.807, 2.05) is 0 Å². The Balaban J connectivity index is 2.10. The fourth-order valence-corrected chi connectivity index (χ4v) is 2.04. The van der Waals surface area contributed by atoms with E-state index in [0.29, 0.717) is 0 Å². The van der Waals surface area contributed by atoms with Gasteiger partial charge in [-0.3, -0.25) is 0 Å². The van der Waals surface area contributed by atoms with Crippen LogP contribution in [0.4, 0.5) is 0 Å². The Kier molecular flexibility index (Phi) is 0.663. The summed E-state index contributed by atoms with van der Waals surface area (Å²) in [6.45, 7) is 5.11. The smallest absolute Gasteiger partial charge is 0.00356 e. The summed E-state index contributed by atoms with van der Waals surface area (Å²) in [5.41, 5.74) is 0.759. The van der Waals surface area contributed by atoms with Crippen molar-refractivity contribution in [2.75, 3.05) is 20.1 Å². The van der Waals surface area contributed by atoms with Crippen LogP contribution in [0.15, 0.2) is 0 Å². The first-order valence-corrected chi connectivity index (χ1v) is 3.39. The maximum atomic E-state index is 2.44. The minimum atomic E-state index is 0.759. The third-order valence-electron chi connectivity index (χ3n) is 2.70. The highest BCUT2D eigenvalue weighted by Crippen LogP contribution is 2.56. The Morgan fingerprint density at radius 3 is 2.62 bits per heavy atom. The molecule has 2 atom stereocenters. The van der Waals surface area contributed by atoms with Gasteiger partial charge in [0.1, 0.15) is 0 Å². The molecule has 0 N–H and O–H groups in total. The molecule has 1 heteroatoms. The number of nitrogens with zero attached hydrogens (tertiary/aromatic N) is 1. The van der Waals surface area contributed by atoms with Gasteiger partial charge in [-0.25, -0.2) is 0 Å². The molecule has 1 saturated carbocycles. The molecule has 0 amide bonds. The zero-order chi connectivity index (χ0) is 5.78. The number of hydrogen-bond donors (Lipinski definition) is 0. The molecule has 0 spiro atoms. The van der Waals surface area contributed by atoms with Crippen LogP contribution in [-0.2, 0) is 0 Å². The highest BCUT2D eigenvalue weighted by Gasteiger charge is 2.54. The largest absolute Gasteiger partial charge is 0.306 e. The van der Waals surface area contributed by atoms with Crippen LogP contribution in [0, 0.1) is 11.3 Å². The van der Waals surface area contributed by atoms with Gasteiger partial charge >= 0.3 is 0 Å². The Hall–Kier alpha value is -0.0400. The first-order chi connectivity index (χ1) is 3.71. The number of hydrogen-bond acceptors (Lipinski definition) is 1.